The first kappa shape index (κ1) is 17.6. The minimum absolute atomic E-state index is 0.0982. The van der Waals surface area contributed by atoms with Gasteiger partial charge in [0.05, 0.1) is 0 Å². The largest absolute Gasteiger partial charge is 0.355 e. The molecule has 1 atom stereocenters. The standard InChI is InChI=1S/C18H27N5O2/c1-2-14(12-13-6-4-3-5-7-13)17(24)19-9-8-15-21-22-16-18(25)20-10-11-23(15)16/h10-11,13-14H,2-9,12H2,1H3,(H,19,24)(H,20,25). The van der Waals surface area contributed by atoms with Gasteiger partial charge in [-0.05, 0) is 18.8 Å². The summed E-state index contributed by atoms with van der Waals surface area (Å²) in [6.45, 7) is 2.60. The van der Waals surface area contributed by atoms with Gasteiger partial charge in [0.25, 0.3) is 5.56 Å². The SMILES string of the molecule is CCC(CC1CCCCC1)C(=O)NCCc1nnc2c(=O)[nH]ccn12. The molecule has 2 N–H and O–H groups in total. The molecule has 1 aliphatic rings. The Morgan fingerprint density at radius 1 is 1.36 bits per heavy atom. The second kappa shape index (κ2) is 8.27. The van der Waals surface area contributed by atoms with Crippen molar-refractivity contribution in [1.82, 2.24) is 24.9 Å². The fourth-order valence-electron chi connectivity index (χ4n) is 3.78. The van der Waals surface area contributed by atoms with Crippen LogP contribution in [0, 0.1) is 11.8 Å². The van der Waals surface area contributed by atoms with Crippen LogP contribution in [0.2, 0.25) is 0 Å². The molecule has 0 saturated heterocycles. The molecule has 0 bridgehead atoms. The molecule has 136 valence electrons. The van der Waals surface area contributed by atoms with Gasteiger partial charge in [-0.3, -0.25) is 14.0 Å². The van der Waals surface area contributed by atoms with E-state index in [1.165, 1.54) is 32.1 Å². The molecule has 2 heterocycles. The Morgan fingerprint density at radius 3 is 2.92 bits per heavy atom. The number of rotatable bonds is 7. The lowest BCUT2D eigenvalue weighted by molar-refractivity contribution is -0.125. The summed E-state index contributed by atoms with van der Waals surface area (Å²) in [6.07, 6.45) is 12.2. The number of carbonyl (C=O) groups is 1. The summed E-state index contributed by atoms with van der Waals surface area (Å²) in [5.41, 5.74) is 0.0244. The first-order valence-electron chi connectivity index (χ1n) is 9.38. The fourth-order valence-corrected chi connectivity index (χ4v) is 3.78. The molecule has 25 heavy (non-hydrogen) atoms. The van der Waals surface area contributed by atoms with Gasteiger partial charge in [0, 0.05) is 31.3 Å². The topological polar surface area (TPSA) is 92.2 Å². The van der Waals surface area contributed by atoms with Gasteiger partial charge < -0.3 is 10.3 Å². The molecular weight excluding hydrogens is 318 g/mol. The van der Waals surface area contributed by atoms with Crippen molar-refractivity contribution in [3.63, 3.8) is 0 Å². The molecule has 0 spiro atoms. The third kappa shape index (κ3) is 4.27. The molecule has 1 unspecified atom stereocenters. The molecular formula is C18H27N5O2. The van der Waals surface area contributed by atoms with Crippen molar-refractivity contribution in [2.24, 2.45) is 11.8 Å². The molecule has 2 aromatic heterocycles. The molecule has 0 radical (unpaired) electrons. The van der Waals surface area contributed by atoms with Crippen molar-refractivity contribution in [2.75, 3.05) is 6.54 Å². The highest BCUT2D eigenvalue weighted by Gasteiger charge is 2.22. The molecule has 2 aromatic rings. The van der Waals surface area contributed by atoms with Gasteiger partial charge >= 0.3 is 0 Å². The first-order valence-corrected chi connectivity index (χ1v) is 9.38. The molecule has 0 aromatic carbocycles. The van der Waals surface area contributed by atoms with Gasteiger partial charge in [-0.15, -0.1) is 10.2 Å². The summed E-state index contributed by atoms with van der Waals surface area (Å²) in [5, 5.41) is 11.0. The van der Waals surface area contributed by atoms with Gasteiger partial charge in [-0.1, -0.05) is 39.0 Å². The highest BCUT2D eigenvalue weighted by Crippen LogP contribution is 2.30. The van der Waals surface area contributed by atoms with E-state index < -0.39 is 0 Å². The molecule has 1 saturated carbocycles. The number of fused-ring (bicyclic) bond motifs is 1. The van der Waals surface area contributed by atoms with Crippen LogP contribution >= 0.6 is 0 Å². The summed E-state index contributed by atoms with van der Waals surface area (Å²) < 4.78 is 1.67. The predicted molar refractivity (Wildman–Crippen MR) is 95.3 cm³/mol. The summed E-state index contributed by atoms with van der Waals surface area (Å²) in [6, 6.07) is 0. The summed E-state index contributed by atoms with van der Waals surface area (Å²) in [7, 11) is 0. The number of carbonyl (C=O) groups excluding carboxylic acids is 1. The Labute approximate surface area is 147 Å². The van der Waals surface area contributed by atoms with Gasteiger partial charge in [-0.2, -0.15) is 0 Å². The molecule has 3 rings (SSSR count). The lowest BCUT2D eigenvalue weighted by Gasteiger charge is -2.25. The number of aromatic amines is 1. The average Bonchev–Trinajstić information content (AvgIpc) is 3.05. The van der Waals surface area contributed by atoms with E-state index in [4.69, 9.17) is 0 Å². The van der Waals surface area contributed by atoms with E-state index in [1.807, 2.05) is 0 Å². The van der Waals surface area contributed by atoms with Crippen molar-refractivity contribution in [3.8, 4) is 0 Å². The molecule has 7 nitrogen and oxygen atoms in total. The van der Waals surface area contributed by atoms with Gasteiger partial charge in [0.2, 0.25) is 11.6 Å². The minimum Gasteiger partial charge on any atom is -0.355 e. The monoisotopic (exact) mass is 345 g/mol. The summed E-state index contributed by atoms with van der Waals surface area (Å²) >= 11 is 0. The average molecular weight is 345 g/mol. The number of aromatic nitrogens is 4. The molecule has 1 amide bonds. The molecule has 1 fully saturated rings. The second-order valence-electron chi connectivity index (χ2n) is 6.98. The van der Waals surface area contributed by atoms with Crippen molar-refractivity contribution in [2.45, 2.75) is 58.3 Å². The zero-order chi connectivity index (χ0) is 17.6. The maximum absolute atomic E-state index is 12.5. The second-order valence-corrected chi connectivity index (χ2v) is 6.98. The summed E-state index contributed by atoms with van der Waals surface area (Å²) in [4.78, 5) is 26.7. The summed E-state index contributed by atoms with van der Waals surface area (Å²) in [5.74, 6) is 1.62. The highest BCUT2D eigenvalue weighted by molar-refractivity contribution is 5.78. The van der Waals surface area contributed by atoms with Crippen LogP contribution in [-0.2, 0) is 11.2 Å². The van der Waals surface area contributed by atoms with E-state index in [0.29, 0.717) is 24.7 Å². The van der Waals surface area contributed by atoms with Crippen LogP contribution in [0.15, 0.2) is 17.2 Å². The lowest BCUT2D eigenvalue weighted by atomic mass is 9.82. The normalized spacial score (nSPS) is 16.8. The van der Waals surface area contributed by atoms with Crippen molar-refractivity contribution < 1.29 is 4.79 Å². The maximum atomic E-state index is 12.5. The first-order chi connectivity index (χ1) is 12.2. The van der Waals surface area contributed by atoms with Crippen LogP contribution < -0.4 is 10.9 Å². The van der Waals surface area contributed by atoms with E-state index in [2.05, 4.69) is 27.4 Å². The number of nitrogens with one attached hydrogen (secondary N) is 2. The van der Waals surface area contributed by atoms with Crippen LogP contribution in [0.25, 0.3) is 5.65 Å². The van der Waals surface area contributed by atoms with Crippen LogP contribution in [0.5, 0.6) is 0 Å². The number of hydrogen-bond acceptors (Lipinski definition) is 4. The van der Waals surface area contributed by atoms with Gasteiger partial charge in [0.15, 0.2) is 0 Å². The maximum Gasteiger partial charge on any atom is 0.293 e. The van der Waals surface area contributed by atoms with E-state index >= 15 is 0 Å². The van der Waals surface area contributed by atoms with E-state index in [1.54, 1.807) is 16.8 Å². The fraction of sp³-hybridized carbons (Fsp3) is 0.667. The third-order valence-electron chi connectivity index (χ3n) is 5.26. The van der Waals surface area contributed by atoms with Crippen LogP contribution in [-0.4, -0.2) is 32.0 Å². The predicted octanol–water partition coefficient (Wildman–Crippen LogP) is 2.07. The Hall–Kier alpha value is -2.18. The Bertz CT molecular complexity index is 760. The quantitative estimate of drug-likeness (QED) is 0.803. The van der Waals surface area contributed by atoms with Crippen LogP contribution in [0.1, 0.15) is 57.7 Å². The molecule has 7 heteroatoms. The Kier molecular flexibility index (Phi) is 5.83. The van der Waals surface area contributed by atoms with Crippen molar-refractivity contribution in [3.05, 3.63) is 28.6 Å². The van der Waals surface area contributed by atoms with Crippen LogP contribution in [0.4, 0.5) is 0 Å². The van der Waals surface area contributed by atoms with E-state index in [-0.39, 0.29) is 23.0 Å². The van der Waals surface area contributed by atoms with Crippen molar-refractivity contribution in [1.29, 1.82) is 0 Å². The zero-order valence-electron chi connectivity index (χ0n) is 14.8. The van der Waals surface area contributed by atoms with Gasteiger partial charge in [-0.25, -0.2) is 0 Å². The number of hydrogen-bond donors (Lipinski definition) is 2. The lowest BCUT2D eigenvalue weighted by Crippen LogP contribution is -2.33. The van der Waals surface area contributed by atoms with Crippen LogP contribution in [0.3, 0.4) is 0 Å². The minimum atomic E-state index is -0.260. The molecule has 0 aliphatic heterocycles. The Morgan fingerprint density at radius 2 is 2.16 bits per heavy atom. The number of H-pyrrole nitrogens is 1. The Balaban J connectivity index is 1.52. The molecule has 1 aliphatic carbocycles. The smallest absolute Gasteiger partial charge is 0.293 e. The zero-order valence-corrected chi connectivity index (χ0v) is 14.8. The van der Waals surface area contributed by atoms with Gasteiger partial charge in [0.1, 0.15) is 5.82 Å². The van der Waals surface area contributed by atoms with E-state index in [0.717, 1.165) is 12.8 Å². The van der Waals surface area contributed by atoms with Crippen molar-refractivity contribution >= 4 is 11.6 Å². The number of amides is 1. The van der Waals surface area contributed by atoms with E-state index in [9.17, 15) is 9.59 Å². The highest BCUT2D eigenvalue weighted by atomic mass is 16.2. The third-order valence-corrected chi connectivity index (χ3v) is 5.26. The number of nitrogens with zero attached hydrogens (tertiary/aromatic N) is 3.